The summed E-state index contributed by atoms with van der Waals surface area (Å²) in [4.78, 5) is 22.2. The fourth-order valence-electron chi connectivity index (χ4n) is 2.24. The molecule has 0 aromatic heterocycles. The average Bonchev–Trinajstić information content (AvgIpc) is 2.65. The molecular formula is C19H21N3O6. The maximum atomic E-state index is 11.8. The van der Waals surface area contributed by atoms with E-state index in [9.17, 15) is 20.0 Å². The molecule has 0 aliphatic carbocycles. The molecule has 0 spiro atoms. The SMILES string of the molecule is CCOc1cc([N+](=O)[O-])cc(C=NNC(=O)COc2ccc(C)c(C)c2)c1O. The number of amides is 1. The lowest BCUT2D eigenvalue weighted by Crippen LogP contribution is -2.24. The number of nitro benzene ring substituents is 1. The minimum Gasteiger partial charge on any atom is -0.504 e. The van der Waals surface area contributed by atoms with E-state index in [-0.39, 0.29) is 36.0 Å². The van der Waals surface area contributed by atoms with Crippen molar-refractivity contribution in [1.29, 1.82) is 0 Å². The zero-order valence-corrected chi connectivity index (χ0v) is 15.8. The minimum atomic E-state index is -0.616. The van der Waals surface area contributed by atoms with Crippen molar-refractivity contribution in [2.24, 2.45) is 5.10 Å². The number of hydrogen-bond donors (Lipinski definition) is 2. The lowest BCUT2D eigenvalue weighted by atomic mass is 10.1. The molecular weight excluding hydrogens is 366 g/mol. The van der Waals surface area contributed by atoms with Crippen molar-refractivity contribution < 1.29 is 24.3 Å². The molecule has 148 valence electrons. The molecule has 28 heavy (non-hydrogen) atoms. The largest absolute Gasteiger partial charge is 0.504 e. The van der Waals surface area contributed by atoms with Gasteiger partial charge in [-0.15, -0.1) is 0 Å². The number of hydrogen-bond acceptors (Lipinski definition) is 7. The molecule has 2 aromatic rings. The molecule has 0 fully saturated rings. The molecule has 0 aliphatic rings. The van der Waals surface area contributed by atoms with E-state index in [2.05, 4.69) is 10.5 Å². The molecule has 1 amide bonds. The Balaban J connectivity index is 2.01. The molecule has 0 saturated heterocycles. The normalized spacial score (nSPS) is 10.7. The maximum absolute atomic E-state index is 11.8. The van der Waals surface area contributed by atoms with E-state index in [4.69, 9.17) is 9.47 Å². The standard InChI is InChI=1S/C19H21N3O6/c1-4-27-17-9-15(22(25)26)8-14(19(17)24)10-20-21-18(23)11-28-16-6-5-12(2)13(3)7-16/h5-10,24H,4,11H2,1-3H3,(H,21,23). The van der Waals surface area contributed by atoms with Gasteiger partial charge in [0.05, 0.1) is 23.8 Å². The van der Waals surface area contributed by atoms with Crippen molar-refractivity contribution in [1.82, 2.24) is 5.43 Å². The van der Waals surface area contributed by atoms with Crippen molar-refractivity contribution in [3.8, 4) is 17.2 Å². The molecule has 9 heteroatoms. The Kier molecular flexibility index (Phi) is 6.91. The monoisotopic (exact) mass is 387 g/mol. The van der Waals surface area contributed by atoms with Crippen LogP contribution in [0.5, 0.6) is 17.2 Å². The summed E-state index contributed by atoms with van der Waals surface area (Å²) in [5, 5.41) is 24.8. The molecule has 0 aliphatic heterocycles. The number of hydrazone groups is 1. The van der Waals surface area contributed by atoms with E-state index >= 15 is 0 Å². The predicted octanol–water partition coefficient (Wildman–Crippen LogP) is 2.85. The van der Waals surface area contributed by atoms with E-state index in [1.54, 1.807) is 13.0 Å². The van der Waals surface area contributed by atoms with Crippen LogP contribution in [0.2, 0.25) is 0 Å². The van der Waals surface area contributed by atoms with Gasteiger partial charge in [0.2, 0.25) is 0 Å². The molecule has 0 radical (unpaired) electrons. The van der Waals surface area contributed by atoms with Crippen molar-refractivity contribution in [3.05, 3.63) is 57.1 Å². The van der Waals surface area contributed by atoms with Crippen LogP contribution in [0.15, 0.2) is 35.4 Å². The van der Waals surface area contributed by atoms with Crippen molar-refractivity contribution >= 4 is 17.8 Å². The summed E-state index contributed by atoms with van der Waals surface area (Å²) in [6, 6.07) is 7.71. The maximum Gasteiger partial charge on any atom is 0.277 e. The predicted molar refractivity (Wildman–Crippen MR) is 103 cm³/mol. The van der Waals surface area contributed by atoms with Gasteiger partial charge in [-0.2, -0.15) is 5.10 Å². The molecule has 0 bridgehead atoms. The van der Waals surface area contributed by atoms with Gasteiger partial charge >= 0.3 is 0 Å². The van der Waals surface area contributed by atoms with Crippen molar-refractivity contribution in [2.45, 2.75) is 20.8 Å². The van der Waals surface area contributed by atoms with Crippen LogP contribution in [0.25, 0.3) is 0 Å². The minimum absolute atomic E-state index is 0.0352. The highest BCUT2D eigenvalue weighted by molar-refractivity contribution is 5.87. The van der Waals surface area contributed by atoms with Gasteiger partial charge in [-0.05, 0) is 44.0 Å². The van der Waals surface area contributed by atoms with E-state index in [1.807, 2.05) is 26.0 Å². The number of aryl methyl sites for hydroxylation is 2. The molecule has 2 N–H and O–H groups in total. The number of nitrogens with zero attached hydrogens (tertiary/aromatic N) is 2. The van der Waals surface area contributed by atoms with Crippen LogP contribution in [0.4, 0.5) is 5.69 Å². The Morgan fingerprint density at radius 1 is 1.25 bits per heavy atom. The second-order valence-corrected chi connectivity index (χ2v) is 5.90. The zero-order chi connectivity index (χ0) is 20.7. The molecule has 9 nitrogen and oxygen atoms in total. The number of carbonyl (C=O) groups is 1. The van der Waals surface area contributed by atoms with E-state index in [0.29, 0.717) is 5.75 Å². The fourth-order valence-corrected chi connectivity index (χ4v) is 2.24. The van der Waals surface area contributed by atoms with Crippen LogP contribution in [0.3, 0.4) is 0 Å². The number of phenolic OH excluding ortho intramolecular Hbond substituents is 1. The van der Waals surface area contributed by atoms with Crippen LogP contribution in [-0.4, -0.2) is 35.4 Å². The molecule has 0 heterocycles. The van der Waals surface area contributed by atoms with Gasteiger partial charge in [0.15, 0.2) is 18.1 Å². The summed E-state index contributed by atoms with van der Waals surface area (Å²) in [5.74, 6) is -0.316. The average molecular weight is 387 g/mol. The molecule has 0 unspecified atom stereocenters. The number of phenols is 1. The van der Waals surface area contributed by atoms with Crippen molar-refractivity contribution in [2.75, 3.05) is 13.2 Å². The van der Waals surface area contributed by atoms with Gasteiger partial charge in [-0.25, -0.2) is 5.43 Å². The number of rotatable bonds is 8. The van der Waals surface area contributed by atoms with E-state index in [1.165, 1.54) is 0 Å². The van der Waals surface area contributed by atoms with Gasteiger partial charge in [-0.1, -0.05) is 6.07 Å². The number of nitro groups is 1. The van der Waals surface area contributed by atoms with Gasteiger partial charge in [-0.3, -0.25) is 14.9 Å². The number of ether oxygens (including phenoxy) is 2. The van der Waals surface area contributed by atoms with Crippen molar-refractivity contribution in [3.63, 3.8) is 0 Å². The van der Waals surface area contributed by atoms with Gasteiger partial charge in [0, 0.05) is 11.6 Å². The highest BCUT2D eigenvalue weighted by Gasteiger charge is 2.16. The molecule has 2 aromatic carbocycles. The van der Waals surface area contributed by atoms with Crippen LogP contribution in [0.1, 0.15) is 23.6 Å². The topological polar surface area (TPSA) is 123 Å². The lowest BCUT2D eigenvalue weighted by Gasteiger charge is -2.08. The molecule has 0 saturated carbocycles. The van der Waals surface area contributed by atoms with Crippen LogP contribution < -0.4 is 14.9 Å². The zero-order valence-electron chi connectivity index (χ0n) is 15.8. The number of aromatic hydroxyl groups is 1. The first-order chi connectivity index (χ1) is 13.3. The number of carbonyl (C=O) groups excluding carboxylic acids is 1. The first-order valence-corrected chi connectivity index (χ1v) is 8.48. The second-order valence-electron chi connectivity index (χ2n) is 5.90. The Labute approximate surface area is 161 Å². The quantitative estimate of drug-likeness (QED) is 0.408. The summed E-state index contributed by atoms with van der Waals surface area (Å²) in [6.45, 7) is 5.56. The number of benzene rings is 2. The third kappa shape index (κ3) is 5.44. The third-order valence-corrected chi connectivity index (χ3v) is 3.84. The van der Waals surface area contributed by atoms with Crippen LogP contribution in [-0.2, 0) is 4.79 Å². The van der Waals surface area contributed by atoms with Gasteiger partial charge < -0.3 is 14.6 Å². The Morgan fingerprint density at radius 2 is 2.00 bits per heavy atom. The van der Waals surface area contributed by atoms with Crippen LogP contribution >= 0.6 is 0 Å². The second kappa shape index (κ2) is 9.36. The van der Waals surface area contributed by atoms with E-state index < -0.39 is 10.8 Å². The summed E-state index contributed by atoms with van der Waals surface area (Å²) in [5.41, 5.74) is 4.16. The Bertz CT molecular complexity index is 911. The van der Waals surface area contributed by atoms with Gasteiger partial charge in [0.25, 0.3) is 11.6 Å². The van der Waals surface area contributed by atoms with Gasteiger partial charge in [0.1, 0.15) is 5.75 Å². The highest BCUT2D eigenvalue weighted by Crippen LogP contribution is 2.33. The smallest absolute Gasteiger partial charge is 0.277 e. The summed E-state index contributed by atoms with van der Waals surface area (Å²) < 4.78 is 10.6. The fraction of sp³-hybridized carbons (Fsp3) is 0.263. The van der Waals surface area contributed by atoms with E-state index in [0.717, 1.165) is 29.5 Å². The molecule has 2 rings (SSSR count). The Morgan fingerprint density at radius 3 is 2.64 bits per heavy atom. The summed E-state index contributed by atoms with van der Waals surface area (Å²) in [7, 11) is 0. The lowest BCUT2D eigenvalue weighted by molar-refractivity contribution is -0.385. The Hall–Kier alpha value is -3.62. The summed E-state index contributed by atoms with van der Waals surface area (Å²) >= 11 is 0. The first-order valence-electron chi connectivity index (χ1n) is 8.48. The highest BCUT2D eigenvalue weighted by atomic mass is 16.6. The number of nitrogens with one attached hydrogen (secondary N) is 1. The third-order valence-electron chi connectivity index (χ3n) is 3.84. The number of non-ortho nitro benzene ring substituents is 1. The molecule has 0 atom stereocenters. The first kappa shape index (κ1) is 20.7. The van der Waals surface area contributed by atoms with Crippen LogP contribution in [0, 0.1) is 24.0 Å². The summed E-state index contributed by atoms with van der Waals surface area (Å²) in [6.07, 6.45) is 1.10.